The van der Waals surface area contributed by atoms with Gasteiger partial charge in [-0.05, 0) is 133 Å². The molecule has 784 valence electrons. The van der Waals surface area contributed by atoms with Crippen LogP contribution in [0.1, 0.15) is 135 Å². The van der Waals surface area contributed by atoms with E-state index in [4.69, 9.17) is 72.2 Å². The SMILES string of the molecule is CCN(C(=O)CNC(=O)OCc1ccc(NC(=O)[C@H](CC(N)=O)NC(=O)[C@H](C)NC(=O)[C@H](C)NC(=O)CCC(=O)N2CCC(C(=O)O)CC2)cc1)C1COC(OC2C(O[C@H]3C#C/C=C\C#C[C@]4(O)CC(=O)C(NC(=O)OC)=C3/C4=C\CSSC(C)(C)CC(=O)NCC(O)CO)OC(C)C(NOC3CC(O)C(SC(=O)c4c(C)c(I)c(OC5OC(C)C(O)C(OC)C5O)c(OC)c4OC)C(C)O3)C2O)CC1OC. The highest BCUT2D eigenvalue weighted by Crippen LogP contribution is 2.50. The van der Waals surface area contributed by atoms with E-state index in [0.717, 1.165) is 18.9 Å². The fourth-order valence-corrected chi connectivity index (χ4v) is 20.5. The number of primary amides is 1. The molecule has 2 aromatic rings. The van der Waals surface area contributed by atoms with Crippen LogP contribution >= 0.6 is 55.9 Å². The van der Waals surface area contributed by atoms with Gasteiger partial charge in [-0.1, -0.05) is 75.2 Å². The molecule has 2 bridgehead atoms. The van der Waals surface area contributed by atoms with Gasteiger partial charge in [0, 0.05) is 99.8 Å². The molecule has 50 heteroatoms. The summed E-state index contributed by atoms with van der Waals surface area (Å²) in [5, 5.41) is 104. The average molecular weight is 2170 g/mol. The number of nitrogens with one attached hydrogen (secondary N) is 8. The number of amides is 10. The number of allylic oxidation sites excluding steroid dienone is 3. The number of rotatable bonds is 44. The first kappa shape index (κ1) is 116. The van der Waals surface area contributed by atoms with E-state index >= 15 is 0 Å². The minimum absolute atomic E-state index is 0.0308. The van der Waals surface area contributed by atoms with E-state index in [1.807, 2.05) is 22.6 Å². The topological polar surface area (TPSA) is 642 Å². The van der Waals surface area contributed by atoms with Crippen molar-refractivity contribution in [2.45, 2.75) is 271 Å². The number of ketones is 1. The zero-order chi connectivity index (χ0) is 104. The van der Waals surface area contributed by atoms with Crippen molar-refractivity contribution in [2.75, 3.05) is 92.6 Å². The lowest BCUT2D eigenvalue weighted by Gasteiger charge is -2.47. The van der Waals surface area contributed by atoms with Crippen LogP contribution in [0.15, 0.2) is 59.3 Å². The van der Waals surface area contributed by atoms with Gasteiger partial charge in [0.15, 0.2) is 41.8 Å². The lowest BCUT2D eigenvalue weighted by molar-refractivity contribution is -0.337. The number of carboxylic acids is 1. The smallest absolute Gasteiger partial charge is 0.411 e. The number of anilines is 1. The molecule has 0 radical (unpaired) electrons. The Morgan fingerprint density at radius 1 is 0.775 bits per heavy atom. The number of likely N-dealkylation sites (tertiary alicyclic amines) is 1. The van der Waals surface area contributed by atoms with Gasteiger partial charge in [-0.2, -0.15) is 5.48 Å². The number of Topliss-reactive ketones (excluding diaryl/α,β-unsaturated/α-hetero) is 1. The molecular formula is C92H126IN11O35S3. The summed E-state index contributed by atoms with van der Waals surface area (Å²) in [6.45, 7) is 12.7. The highest BCUT2D eigenvalue weighted by molar-refractivity contribution is 14.1. The second-order valence-corrected chi connectivity index (χ2v) is 40.2. The number of carbonyl (C=O) groups excluding carboxylic acids is 12. The number of thioether (sulfide) groups is 1. The van der Waals surface area contributed by atoms with Crippen LogP contribution in [-0.4, -0.2) is 358 Å². The van der Waals surface area contributed by atoms with E-state index < -0.39 is 252 Å². The number of aliphatic hydroxyl groups is 7. The average Bonchev–Trinajstić information content (AvgIpc) is 0.744. The highest BCUT2D eigenvalue weighted by atomic mass is 127. The number of hydrogen-bond acceptors (Lipinski definition) is 38. The first-order chi connectivity index (χ1) is 67.3. The van der Waals surface area contributed by atoms with E-state index in [-0.39, 0.29) is 136 Å². The minimum Gasteiger partial charge on any atom is -0.492 e. The standard InChI is InChI=1S/C92H126IN11O35S3/c1-15-104(65(113)40-96-89(123)132-42-50-21-23-52(24-22-50)99-84(119)55(34-61(94)109)100-83(118)46(4)98-82(117)45(3)97-62(110)25-26-64(112)103-31-27-51(28-32-103)85(120)121)56-43-131-66(36-60(56)126-10)137-79-74(115)71(102-139-67-35-57(107)81(49(7)133-67)141-86(122)68-44(2)70(93)77(80(129-13)76(68)127-11)138-87-75(116)78(128-12)73(114)48(6)135-87)47(5)134-88(79)136-59-20-18-16-17-19-30-92(125)37-58(108)72(101-90(124)130-14)69(59)54(92)29-33-140-142-91(8,9)38-63(111)95-39-53(106)41-105/h16-17,21-24,29,45-49,51,53,55-57,59-60,66-67,71,73-75,78-79,81,87-88,102,105-107,114-116,125H,15,25-28,31-43H2,1-14H3,(H2,94,109)(H,95,111)(H,96,123)(H,97,110)(H,98,117)(H,99,119)(H,100,118)(H,101,124)(H,120,121)/b17-16-,54-29+/t45-,46-,47?,48?,49?,53?,55-,56?,57?,59-,60?,66?,67?,71?,73?,74?,75?,78?,79?,81?,87?,88?,92-/m0/s1. The molecule has 0 aromatic heterocycles. The lowest BCUT2D eigenvalue weighted by atomic mass is 9.75. The molecular weight excluding hydrogens is 2040 g/mol. The molecule has 5 heterocycles. The molecule has 46 nitrogen and oxygen atoms in total. The van der Waals surface area contributed by atoms with Gasteiger partial charge in [0.05, 0.1) is 122 Å². The van der Waals surface area contributed by atoms with Gasteiger partial charge in [0.2, 0.25) is 64.4 Å². The maximum Gasteiger partial charge on any atom is 0.411 e. The van der Waals surface area contributed by atoms with E-state index in [9.17, 15) is 103 Å². The van der Waals surface area contributed by atoms with Crippen LogP contribution in [0.4, 0.5) is 15.3 Å². The summed E-state index contributed by atoms with van der Waals surface area (Å²) in [4.78, 5) is 181. The molecule has 5 saturated heterocycles. The third-order valence-corrected chi connectivity index (χ3v) is 29.9. The molecule has 18 N–H and O–H groups in total. The van der Waals surface area contributed by atoms with Crippen LogP contribution in [0.5, 0.6) is 17.2 Å². The second-order valence-electron chi connectivity index (χ2n) is 34.9. The van der Waals surface area contributed by atoms with Crippen molar-refractivity contribution in [2.24, 2.45) is 11.7 Å². The Labute approximate surface area is 845 Å². The number of nitrogens with two attached hydrogens (primary N) is 1. The van der Waals surface area contributed by atoms with Gasteiger partial charge in [0.1, 0.15) is 67.9 Å². The van der Waals surface area contributed by atoms with E-state index in [1.165, 1.54) is 117 Å². The third-order valence-electron chi connectivity index (χ3n) is 24.1. The first-order valence-electron chi connectivity index (χ1n) is 45.6. The zero-order valence-electron chi connectivity index (χ0n) is 80.7. The largest absolute Gasteiger partial charge is 0.492 e. The monoisotopic (exact) mass is 2170 g/mol. The summed E-state index contributed by atoms with van der Waals surface area (Å²) in [5.74, 6) is 3.38. The number of hydroxylamine groups is 1. The van der Waals surface area contributed by atoms with Crippen molar-refractivity contribution in [3.63, 3.8) is 0 Å². The van der Waals surface area contributed by atoms with Crippen molar-refractivity contribution in [1.82, 2.24) is 47.2 Å². The number of halogens is 1. The van der Waals surface area contributed by atoms with Gasteiger partial charge in [-0.3, -0.25) is 62.9 Å². The molecule has 18 unspecified atom stereocenters. The number of aliphatic hydroxyl groups excluding tert-OH is 6. The number of carboxylic acid groups (broad SMARTS) is 1. The van der Waals surface area contributed by atoms with E-state index in [1.54, 1.807) is 47.6 Å². The summed E-state index contributed by atoms with van der Waals surface area (Å²) in [5.41, 5.74) is 6.23. The summed E-state index contributed by atoms with van der Waals surface area (Å²) in [7, 11) is 8.89. The second kappa shape index (κ2) is 54.0. The summed E-state index contributed by atoms with van der Waals surface area (Å²) >= 11 is 2.70. The number of carbonyl (C=O) groups is 13. The molecule has 142 heavy (non-hydrogen) atoms. The molecule has 0 spiro atoms. The van der Waals surface area contributed by atoms with Gasteiger partial charge in [-0.15, -0.1) is 0 Å². The quantitative estimate of drug-likeness (QED) is 0.0138. The van der Waals surface area contributed by atoms with E-state index in [2.05, 4.69) is 66.4 Å². The van der Waals surface area contributed by atoms with Gasteiger partial charge < -0.3 is 150 Å². The number of piperidine rings is 1. The summed E-state index contributed by atoms with van der Waals surface area (Å²) in [6.07, 6.45) is -20.9. The van der Waals surface area contributed by atoms with Gasteiger partial charge in [0.25, 0.3) is 0 Å². The molecule has 9 rings (SSSR count). The molecule has 0 saturated carbocycles. The summed E-state index contributed by atoms with van der Waals surface area (Å²) < 4.78 is 78.2. The fraction of sp³-hybridized carbons (Fsp3) is 0.620. The lowest BCUT2D eigenvalue weighted by Crippen LogP contribution is -2.65. The van der Waals surface area contributed by atoms with Crippen molar-refractivity contribution < 1.29 is 170 Å². The summed E-state index contributed by atoms with van der Waals surface area (Å²) in [6, 6.07) is -0.446. The molecule has 7 aliphatic rings. The molecule has 2 aliphatic carbocycles. The van der Waals surface area contributed by atoms with Crippen LogP contribution in [0.3, 0.4) is 0 Å². The number of benzene rings is 2. The number of nitrogens with zero attached hydrogens (tertiary/aromatic N) is 2. The molecule has 10 amide bonds. The van der Waals surface area contributed by atoms with Crippen molar-refractivity contribution in [1.29, 1.82) is 0 Å². The Morgan fingerprint density at radius 2 is 1.45 bits per heavy atom. The number of aliphatic carboxylic acids is 1. The normalized spacial score (nSPS) is 27.5. The number of fused-ring (bicyclic) bond motifs is 2. The molecule has 5 fully saturated rings. The predicted octanol–water partition coefficient (Wildman–Crippen LogP) is 0.134. The van der Waals surface area contributed by atoms with Crippen LogP contribution in [0.25, 0.3) is 0 Å². The van der Waals surface area contributed by atoms with Gasteiger partial charge in [-0.25, -0.2) is 9.59 Å². The van der Waals surface area contributed by atoms with Crippen molar-refractivity contribution >= 4 is 138 Å². The Hall–Kier alpha value is -9.61. The molecule has 23 atom stereocenters. The highest BCUT2D eigenvalue weighted by Gasteiger charge is 2.53. The number of alkyl carbamates (subject to hydrolysis) is 2. The van der Waals surface area contributed by atoms with Gasteiger partial charge >= 0.3 is 18.2 Å². The van der Waals surface area contributed by atoms with Crippen LogP contribution in [0, 0.1) is 40.1 Å². The Kier molecular flexibility index (Phi) is 44.1. The van der Waals surface area contributed by atoms with Crippen molar-refractivity contribution in [3.8, 4) is 40.9 Å². The number of likely N-dealkylation sites (N-methyl/N-ethyl adjacent to an activating group) is 1. The number of methoxy groups -OCH3 is 5. The molecule has 2 aromatic carbocycles. The Morgan fingerprint density at radius 3 is 2.09 bits per heavy atom. The van der Waals surface area contributed by atoms with Crippen LogP contribution in [0.2, 0.25) is 0 Å². The maximum atomic E-state index is 14.7. The minimum atomic E-state index is -2.31. The first-order valence-corrected chi connectivity index (χ1v) is 49.9. The molecule has 5 aliphatic heterocycles. The fourth-order valence-electron chi connectivity index (χ4n) is 16.4. The third kappa shape index (κ3) is 31.2. The van der Waals surface area contributed by atoms with Crippen molar-refractivity contribution in [3.05, 3.63) is 79.6 Å². The van der Waals surface area contributed by atoms with E-state index in [0.29, 0.717) is 14.7 Å². The van der Waals surface area contributed by atoms with Crippen LogP contribution in [-0.2, 0) is 107 Å². The van der Waals surface area contributed by atoms with Crippen LogP contribution < -0.4 is 62.6 Å². The zero-order valence-corrected chi connectivity index (χ0v) is 85.3. The maximum absolute atomic E-state index is 14.7. The Bertz CT molecular complexity index is 5060. The number of ether oxygens (including phenoxy) is 13. The predicted molar refractivity (Wildman–Crippen MR) is 515 cm³/mol. The number of hydrogen-bond donors (Lipinski definition) is 17. The Balaban J connectivity index is 0.872.